The Morgan fingerprint density at radius 3 is 1.06 bits per heavy atom. The number of para-hydroxylation sites is 2. The Balaban J connectivity index is 1.21. The van der Waals surface area contributed by atoms with Gasteiger partial charge in [0, 0.05) is 61.8 Å². The molecule has 12 rings (SSSR count). The second kappa shape index (κ2) is 15.6. The number of benzene rings is 7. The Hall–Kier alpha value is -8.55. The standard InChI is InChI=1S/C59H43N7/c1-36-22-26-51-45(32-36)46-33-37(2)23-27-52(46)65(51)55-41(49-20-8-10-30-60-49)16-12-18-43(55)58-62-57(40-14-6-5-7-15-40)63-59(64-58)44-19-13-17-42(50-21-9-11-31-61-50)56(44)66-53-28-24-38(3)34-47(53)48-35-39(4)25-29-54(48)66/h5-35H,1-4H3. The van der Waals surface area contributed by atoms with E-state index in [0.29, 0.717) is 17.5 Å². The minimum absolute atomic E-state index is 0.545. The first-order chi connectivity index (χ1) is 32.4. The molecule has 66 heavy (non-hydrogen) atoms. The molecule has 0 amide bonds. The Labute approximate surface area is 382 Å². The molecule has 0 aliphatic heterocycles. The number of rotatable bonds is 7. The van der Waals surface area contributed by atoms with Crippen LogP contribution in [-0.2, 0) is 0 Å². The zero-order valence-electron chi connectivity index (χ0n) is 37.0. The van der Waals surface area contributed by atoms with E-state index in [1.54, 1.807) is 0 Å². The van der Waals surface area contributed by atoms with Crippen LogP contribution in [0.3, 0.4) is 0 Å². The van der Waals surface area contributed by atoms with E-state index in [1.165, 1.54) is 43.8 Å². The van der Waals surface area contributed by atoms with E-state index in [9.17, 15) is 0 Å². The summed E-state index contributed by atoms with van der Waals surface area (Å²) in [7, 11) is 0. The SMILES string of the molecule is Cc1ccc2c(c1)c1cc(C)ccc1n2-c1c(-c2ccccn2)cccc1-c1nc(-c2ccccc2)nc(-c2cccc(-c3ccccn3)c2-n2c3ccc(C)cc3c3cc(C)ccc32)n1. The Morgan fingerprint density at radius 1 is 0.318 bits per heavy atom. The average Bonchev–Trinajstić information content (AvgIpc) is 3.84. The van der Waals surface area contributed by atoms with Crippen molar-refractivity contribution in [1.82, 2.24) is 34.1 Å². The Morgan fingerprint density at radius 2 is 0.682 bits per heavy atom. The third kappa shape index (κ3) is 6.47. The molecule has 5 aromatic heterocycles. The van der Waals surface area contributed by atoms with Gasteiger partial charge >= 0.3 is 0 Å². The predicted molar refractivity (Wildman–Crippen MR) is 270 cm³/mol. The summed E-state index contributed by atoms with van der Waals surface area (Å²) in [6.45, 7) is 8.62. The van der Waals surface area contributed by atoms with Gasteiger partial charge in [0.15, 0.2) is 17.5 Å². The molecule has 7 heteroatoms. The van der Waals surface area contributed by atoms with E-state index in [4.69, 9.17) is 24.9 Å². The number of aromatic nitrogens is 7. The van der Waals surface area contributed by atoms with Crippen LogP contribution in [0.5, 0.6) is 0 Å². The van der Waals surface area contributed by atoms with E-state index in [0.717, 1.165) is 72.6 Å². The summed E-state index contributed by atoms with van der Waals surface area (Å²) in [6, 6.07) is 62.0. The van der Waals surface area contributed by atoms with Crippen molar-refractivity contribution >= 4 is 43.6 Å². The van der Waals surface area contributed by atoms with Crippen molar-refractivity contribution in [3.8, 4) is 68.1 Å². The zero-order chi connectivity index (χ0) is 44.5. The normalized spacial score (nSPS) is 11.6. The monoisotopic (exact) mass is 849 g/mol. The second-order valence-electron chi connectivity index (χ2n) is 17.3. The maximum Gasteiger partial charge on any atom is 0.166 e. The summed E-state index contributed by atoms with van der Waals surface area (Å²) in [5.41, 5.74) is 17.3. The Kier molecular flexibility index (Phi) is 9.24. The molecule has 5 heterocycles. The summed E-state index contributed by atoms with van der Waals surface area (Å²) in [5, 5.41) is 4.74. The van der Waals surface area contributed by atoms with Crippen molar-refractivity contribution in [3.05, 3.63) is 211 Å². The summed E-state index contributed by atoms with van der Waals surface area (Å²) in [4.78, 5) is 26.3. The smallest absolute Gasteiger partial charge is 0.166 e. The third-order valence-corrected chi connectivity index (χ3v) is 12.7. The van der Waals surface area contributed by atoms with Gasteiger partial charge in [0.25, 0.3) is 0 Å². The van der Waals surface area contributed by atoms with Gasteiger partial charge < -0.3 is 9.13 Å². The molecule has 0 radical (unpaired) electrons. The maximum absolute atomic E-state index is 5.60. The molecule has 0 aliphatic rings. The maximum atomic E-state index is 5.60. The fourth-order valence-corrected chi connectivity index (χ4v) is 9.70. The van der Waals surface area contributed by atoms with Crippen molar-refractivity contribution in [3.63, 3.8) is 0 Å². The third-order valence-electron chi connectivity index (χ3n) is 12.7. The molecule has 12 aromatic rings. The minimum Gasteiger partial charge on any atom is -0.308 e. The van der Waals surface area contributed by atoms with Crippen LogP contribution in [0.2, 0.25) is 0 Å². The highest BCUT2D eigenvalue weighted by atomic mass is 15.1. The topological polar surface area (TPSA) is 74.3 Å². The van der Waals surface area contributed by atoms with Gasteiger partial charge in [0.1, 0.15) is 0 Å². The van der Waals surface area contributed by atoms with Gasteiger partial charge in [-0.05, 0) is 113 Å². The highest BCUT2D eigenvalue weighted by Crippen LogP contribution is 2.44. The van der Waals surface area contributed by atoms with E-state index >= 15 is 0 Å². The fourth-order valence-electron chi connectivity index (χ4n) is 9.70. The van der Waals surface area contributed by atoms with Crippen LogP contribution in [-0.4, -0.2) is 34.1 Å². The van der Waals surface area contributed by atoms with E-state index < -0.39 is 0 Å². The highest BCUT2D eigenvalue weighted by molar-refractivity contribution is 6.12. The molecule has 0 fully saturated rings. The quantitative estimate of drug-likeness (QED) is 0.160. The summed E-state index contributed by atoms with van der Waals surface area (Å²) >= 11 is 0. The van der Waals surface area contributed by atoms with Crippen LogP contribution in [0.4, 0.5) is 0 Å². The summed E-state index contributed by atoms with van der Waals surface area (Å²) in [6.07, 6.45) is 3.71. The highest BCUT2D eigenvalue weighted by Gasteiger charge is 2.26. The zero-order valence-corrected chi connectivity index (χ0v) is 37.0. The molecule has 0 saturated heterocycles. The fraction of sp³-hybridized carbons (Fsp3) is 0.0678. The molecule has 0 N–H and O–H groups in total. The molecule has 0 atom stereocenters. The average molecular weight is 850 g/mol. The van der Waals surface area contributed by atoms with Crippen LogP contribution in [0.15, 0.2) is 188 Å². The van der Waals surface area contributed by atoms with Crippen LogP contribution in [0, 0.1) is 27.7 Å². The van der Waals surface area contributed by atoms with Crippen LogP contribution in [0.25, 0.3) is 112 Å². The molecule has 0 aliphatic carbocycles. The summed E-state index contributed by atoms with van der Waals surface area (Å²) < 4.78 is 4.76. The lowest BCUT2D eigenvalue weighted by Gasteiger charge is -2.20. The van der Waals surface area contributed by atoms with Gasteiger partial charge in [0.2, 0.25) is 0 Å². The first-order valence-corrected chi connectivity index (χ1v) is 22.3. The van der Waals surface area contributed by atoms with E-state index in [1.807, 2.05) is 54.9 Å². The molecule has 0 saturated carbocycles. The van der Waals surface area contributed by atoms with Crippen molar-refractivity contribution in [1.29, 1.82) is 0 Å². The molecule has 0 unspecified atom stereocenters. The molecule has 314 valence electrons. The number of fused-ring (bicyclic) bond motifs is 6. The first kappa shape index (κ1) is 39.1. The van der Waals surface area contributed by atoms with Gasteiger partial charge in [-0.15, -0.1) is 0 Å². The molecule has 0 spiro atoms. The minimum atomic E-state index is 0.545. The number of nitrogens with zero attached hydrogens (tertiary/aromatic N) is 7. The van der Waals surface area contributed by atoms with Crippen molar-refractivity contribution < 1.29 is 0 Å². The lowest BCUT2D eigenvalue weighted by molar-refractivity contribution is 1.06. The molecule has 7 nitrogen and oxygen atoms in total. The Bertz CT molecular complexity index is 3500. The molecular formula is C59H43N7. The number of hydrogen-bond donors (Lipinski definition) is 0. The number of aryl methyl sites for hydroxylation is 4. The van der Waals surface area contributed by atoms with Gasteiger partial charge in [-0.3, -0.25) is 9.97 Å². The number of hydrogen-bond acceptors (Lipinski definition) is 5. The van der Waals surface area contributed by atoms with Crippen LogP contribution >= 0.6 is 0 Å². The molecular weight excluding hydrogens is 807 g/mol. The van der Waals surface area contributed by atoms with Gasteiger partial charge in [-0.2, -0.15) is 0 Å². The van der Waals surface area contributed by atoms with E-state index in [-0.39, 0.29) is 0 Å². The predicted octanol–water partition coefficient (Wildman–Crippen LogP) is 14.4. The van der Waals surface area contributed by atoms with Crippen LogP contribution < -0.4 is 0 Å². The van der Waals surface area contributed by atoms with E-state index in [2.05, 4.69) is 170 Å². The van der Waals surface area contributed by atoms with Gasteiger partial charge in [-0.1, -0.05) is 113 Å². The van der Waals surface area contributed by atoms with Crippen LogP contribution in [0.1, 0.15) is 22.3 Å². The second-order valence-corrected chi connectivity index (χ2v) is 17.3. The van der Waals surface area contributed by atoms with Crippen molar-refractivity contribution in [2.75, 3.05) is 0 Å². The lowest BCUT2D eigenvalue weighted by atomic mass is 10.0. The lowest BCUT2D eigenvalue weighted by Crippen LogP contribution is -2.07. The summed E-state index contributed by atoms with van der Waals surface area (Å²) in [5.74, 6) is 1.66. The van der Waals surface area contributed by atoms with Gasteiger partial charge in [0.05, 0.1) is 44.8 Å². The number of pyridine rings is 2. The van der Waals surface area contributed by atoms with Crippen molar-refractivity contribution in [2.24, 2.45) is 0 Å². The van der Waals surface area contributed by atoms with Gasteiger partial charge in [-0.25, -0.2) is 15.0 Å². The van der Waals surface area contributed by atoms with Crippen molar-refractivity contribution in [2.45, 2.75) is 27.7 Å². The molecule has 0 bridgehead atoms. The first-order valence-electron chi connectivity index (χ1n) is 22.3. The molecule has 7 aromatic carbocycles. The largest absolute Gasteiger partial charge is 0.308 e.